The Labute approximate surface area is 167 Å². The van der Waals surface area contributed by atoms with E-state index < -0.39 is 17.2 Å². The molecule has 1 heterocycles. The number of primary amides is 1. The van der Waals surface area contributed by atoms with E-state index in [2.05, 4.69) is 28.5 Å². The summed E-state index contributed by atoms with van der Waals surface area (Å²) in [4.78, 5) is 23.1. The SMILES string of the molecule is Cc1ccc(-n2c(S[C@H](C)C(=O)NC(N)=O)nnc2-c2ccccc2)cc1C. The summed E-state index contributed by atoms with van der Waals surface area (Å²) in [7, 11) is 0. The highest BCUT2D eigenvalue weighted by molar-refractivity contribution is 8.00. The Balaban J connectivity index is 2.05. The molecule has 7 nitrogen and oxygen atoms in total. The van der Waals surface area contributed by atoms with Crippen LogP contribution in [0, 0.1) is 13.8 Å². The third-order valence-corrected chi connectivity index (χ3v) is 5.35. The molecule has 0 spiro atoms. The third-order valence-electron chi connectivity index (χ3n) is 4.31. The van der Waals surface area contributed by atoms with Crippen molar-refractivity contribution in [3.8, 4) is 17.1 Å². The average molecular weight is 395 g/mol. The van der Waals surface area contributed by atoms with Gasteiger partial charge in [-0.3, -0.25) is 14.7 Å². The summed E-state index contributed by atoms with van der Waals surface area (Å²) in [6.45, 7) is 5.78. The normalized spacial score (nSPS) is 11.8. The van der Waals surface area contributed by atoms with Crippen molar-refractivity contribution in [2.75, 3.05) is 0 Å². The van der Waals surface area contributed by atoms with Crippen molar-refractivity contribution < 1.29 is 9.59 Å². The maximum absolute atomic E-state index is 12.1. The minimum atomic E-state index is -0.877. The van der Waals surface area contributed by atoms with Gasteiger partial charge < -0.3 is 5.73 Å². The molecule has 1 atom stereocenters. The molecular weight excluding hydrogens is 374 g/mol. The Morgan fingerprint density at radius 2 is 1.79 bits per heavy atom. The van der Waals surface area contributed by atoms with Crippen LogP contribution in [0.15, 0.2) is 53.7 Å². The Morgan fingerprint density at radius 1 is 1.07 bits per heavy atom. The van der Waals surface area contributed by atoms with Gasteiger partial charge in [-0.05, 0) is 44.0 Å². The zero-order valence-corrected chi connectivity index (χ0v) is 16.7. The van der Waals surface area contributed by atoms with Crippen LogP contribution in [-0.4, -0.2) is 32.0 Å². The van der Waals surface area contributed by atoms with E-state index in [-0.39, 0.29) is 0 Å². The number of nitrogens with two attached hydrogens (primary N) is 1. The maximum atomic E-state index is 12.1. The van der Waals surface area contributed by atoms with Crippen LogP contribution < -0.4 is 11.1 Å². The van der Waals surface area contributed by atoms with Crippen molar-refractivity contribution in [3.05, 3.63) is 59.7 Å². The molecule has 0 bridgehead atoms. The van der Waals surface area contributed by atoms with Crippen molar-refractivity contribution in [2.45, 2.75) is 31.2 Å². The lowest BCUT2D eigenvalue weighted by Crippen LogP contribution is -2.39. The number of rotatable bonds is 5. The van der Waals surface area contributed by atoms with Gasteiger partial charge in [0.05, 0.1) is 10.9 Å². The maximum Gasteiger partial charge on any atom is 0.318 e. The number of nitrogens with zero attached hydrogens (tertiary/aromatic N) is 3. The third kappa shape index (κ3) is 4.23. The lowest BCUT2D eigenvalue weighted by Gasteiger charge is -2.14. The largest absolute Gasteiger partial charge is 0.351 e. The van der Waals surface area contributed by atoms with Crippen molar-refractivity contribution in [2.24, 2.45) is 5.73 Å². The number of aromatic nitrogens is 3. The summed E-state index contributed by atoms with van der Waals surface area (Å²) in [6.07, 6.45) is 0. The fourth-order valence-electron chi connectivity index (χ4n) is 2.65. The van der Waals surface area contributed by atoms with Gasteiger partial charge in [0.2, 0.25) is 5.91 Å². The molecule has 0 aliphatic heterocycles. The van der Waals surface area contributed by atoms with Gasteiger partial charge in [-0.25, -0.2) is 4.79 Å². The Bertz CT molecular complexity index is 1020. The molecule has 0 aliphatic carbocycles. The van der Waals surface area contributed by atoms with E-state index in [0.29, 0.717) is 11.0 Å². The number of thioether (sulfide) groups is 1. The van der Waals surface area contributed by atoms with Crippen LogP contribution in [-0.2, 0) is 4.79 Å². The van der Waals surface area contributed by atoms with Gasteiger partial charge in [0, 0.05) is 5.56 Å². The first-order valence-corrected chi connectivity index (χ1v) is 9.60. The quantitative estimate of drug-likeness (QED) is 0.646. The van der Waals surface area contributed by atoms with E-state index in [1.54, 1.807) is 6.92 Å². The predicted octanol–water partition coefficient (Wildman–Crippen LogP) is 3.23. The van der Waals surface area contributed by atoms with E-state index >= 15 is 0 Å². The van der Waals surface area contributed by atoms with E-state index in [4.69, 9.17) is 5.73 Å². The van der Waals surface area contributed by atoms with Crippen LogP contribution >= 0.6 is 11.8 Å². The van der Waals surface area contributed by atoms with E-state index in [0.717, 1.165) is 16.8 Å². The number of aryl methyl sites for hydroxylation is 2. The Hall–Kier alpha value is -3.13. The van der Waals surface area contributed by atoms with Crippen LogP contribution in [0.5, 0.6) is 0 Å². The number of benzene rings is 2. The van der Waals surface area contributed by atoms with Gasteiger partial charge >= 0.3 is 6.03 Å². The highest BCUT2D eigenvalue weighted by atomic mass is 32.2. The number of carbonyl (C=O) groups excluding carboxylic acids is 2. The average Bonchev–Trinajstić information content (AvgIpc) is 3.07. The fourth-order valence-corrected chi connectivity index (χ4v) is 3.52. The fraction of sp³-hybridized carbons (Fsp3) is 0.200. The number of imide groups is 1. The molecule has 0 radical (unpaired) electrons. The predicted molar refractivity (Wildman–Crippen MR) is 109 cm³/mol. The molecular formula is C20H21N5O2S. The van der Waals surface area contributed by atoms with Crippen molar-refractivity contribution in [1.82, 2.24) is 20.1 Å². The molecule has 3 aromatic rings. The summed E-state index contributed by atoms with van der Waals surface area (Å²) >= 11 is 1.21. The van der Waals surface area contributed by atoms with Crippen molar-refractivity contribution in [1.29, 1.82) is 0 Å². The summed E-state index contributed by atoms with van der Waals surface area (Å²) < 4.78 is 1.92. The second-order valence-electron chi connectivity index (χ2n) is 6.39. The van der Waals surface area contributed by atoms with E-state index in [1.165, 1.54) is 17.3 Å². The van der Waals surface area contributed by atoms with Crippen LogP contribution in [0.4, 0.5) is 4.79 Å². The van der Waals surface area contributed by atoms with E-state index in [1.807, 2.05) is 54.0 Å². The molecule has 0 unspecified atom stereocenters. The van der Waals surface area contributed by atoms with Gasteiger partial charge in [0.25, 0.3) is 0 Å². The Kier molecular flexibility index (Phi) is 5.79. The molecule has 3 rings (SSSR count). The van der Waals surface area contributed by atoms with Gasteiger partial charge in [-0.2, -0.15) is 0 Å². The van der Waals surface area contributed by atoms with Crippen molar-refractivity contribution >= 4 is 23.7 Å². The number of hydrogen-bond acceptors (Lipinski definition) is 5. The second-order valence-corrected chi connectivity index (χ2v) is 7.70. The van der Waals surface area contributed by atoms with Crippen LogP contribution in [0.3, 0.4) is 0 Å². The minimum Gasteiger partial charge on any atom is -0.351 e. The number of amides is 3. The summed E-state index contributed by atoms with van der Waals surface area (Å²) in [5.74, 6) is 0.197. The molecule has 0 saturated carbocycles. The topological polar surface area (TPSA) is 103 Å². The summed E-state index contributed by atoms with van der Waals surface area (Å²) in [5.41, 5.74) is 9.18. The monoisotopic (exact) mass is 395 g/mol. The number of hydrogen-bond donors (Lipinski definition) is 2. The molecule has 8 heteroatoms. The molecule has 2 aromatic carbocycles. The molecule has 3 N–H and O–H groups in total. The second kappa shape index (κ2) is 8.26. The molecule has 1 aromatic heterocycles. The van der Waals surface area contributed by atoms with Crippen LogP contribution in [0.1, 0.15) is 18.1 Å². The first-order valence-electron chi connectivity index (χ1n) is 8.72. The van der Waals surface area contributed by atoms with E-state index in [9.17, 15) is 9.59 Å². The summed E-state index contributed by atoms with van der Waals surface area (Å²) in [5, 5.41) is 10.7. The highest BCUT2D eigenvalue weighted by Gasteiger charge is 2.22. The molecule has 3 amide bonds. The molecule has 0 fully saturated rings. The van der Waals surface area contributed by atoms with Crippen LogP contribution in [0.25, 0.3) is 17.1 Å². The minimum absolute atomic E-state index is 0.478. The lowest BCUT2D eigenvalue weighted by molar-refractivity contribution is -0.119. The first kappa shape index (κ1) is 19.6. The summed E-state index contributed by atoms with van der Waals surface area (Å²) in [6, 6.07) is 14.9. The molecule has 28 heavy (non-hydrogen) atoms. The molecule has 0 saturated heterocycles. The highest BCUT2D eigenvalue weighted by Crippen LogP contribution is 2.30. The van der Waals surface area contributed by atoms with Crippen LogP contribution in [0.2, 0.25) is 0 Å². The standard InChI is InChI=1S/C20H21N5O2S/c1-12-9-10-16(11-13(12)2)25-17(15-7-5-4-6-8-15)23-24-20(25)28-14(3)18(26)22-19(21)27/h4-11,14H,1-3H3,(H3,21,22,26,27)/t14-/m1/s1. The number of carbonyl (C=O) groups is 2. The first-order chi connectivity index (χ1) is 13.4. The van der Waals surface area contributed by atoms with Crippen molar-refractivity contribution in [3.63, 3.8) is 0 Å². The smallest absolute Gasteiger partial charge is 0.318 e. The Morgan fingerprint density at radius 3 is 2.43 bits per heavy atom. The van der Waals surface area contributed by atoms with Gasteiger partial charge in [-0.15, -0.1) is 10.2 Å². The number of nitrogens with one attached hydrogen (secondary N) is 1. The van der Waals surface area contributed by atoms with Gasteiger partial charge in [0.1, 0.15) is 0 Å². The lowest BCUT2D eigenvalue weighted by atomic mass is 10.1. The van der Waals surface area contributed by atoms with Gasteiger partial charge in [0.15, 0.2) is 11.0 Å². The molecule has 0 aliphatic rings. The number of urea groups is 1. The zero-order chi connectivity index (χ0) is 20.3. The zero-order valence-electron chi connectivity index (χ0n) is 15.8. The molecule has 144 valence electrons. The van der Waals surface area contributed by atoms with Gasteiger partial charge in [-0.1, -0.05) is 48.2 Å².